The lowest BCUT2D eigenvalue weighted by molar-refractivity contribution is -0.127. The Balaban J connectivity index is 1.44. The van der Waals surface area contributed by atoms with Gasteiger partial charge in [-0.2, -0.15) is 0 Å². The smallest absolute Gasteiger partial charge is 0.260 e. The van der Waals surface area contributed by atoms with Gasteiger partial charge in [-0.1, -0.05) is 48.5 Å². The quantitative estimate of drug-likeness (QED) is 0.514. The number of rotatable bonds is 9. The van der Waals surface area contributed by atoms with Gasteiger partial charge in [0.25, 0.3) is 5.91 Å². The molecule has 4 heteroatoms. The summed E-state index contributed by atoms with van der Waals surface area (Å²) < 4.78 is 11.6. The van der Waals surface area contributed by atoms with Gasteiger partial charge in [0.2, 0.25) is 0 Å². The molecule has 0 aliphatic heterocycles. The summed E-state index contributed by atoms with van der Waals surface area (Å²) in [6.45, 7) is 6.43. The van der Waals surface area contributed by atoms with Crippen molar-refractivity contribution in [1.82, 2.24) is 5.32 Å². The molecule has 29 heavy (non-hydrogen) atoms. The fourth-order valence-corrected chi connectivity index (χ4v) is 3.20. The highest BCUT2D eigenvalue weighted by Crippen LogP contribution is 2.26. The minimum Gasteiger partial charge on any atom is -0.491 e. The number of aryl methyl sites for hydroxylation is 1. The summed E-state index contributed by atoms with van der Waals surface area (Å²) in [5.74, 6) is 1.52. The van der Waals surface area contributed by atoms with Crippen LogP contribution in [-0.2, 0) is 11.2 Å². The summed E-state index contributed by atoms with van der Waals surface area (Å²) in [5.41, 5.74) is 1.23. The highest BCUT2D eigenvalue weighted by Gasteiger charge is 2.15. The molecule has 0 bridgehead atoms. The average molecular weight is 392 g/mol. The molecule has 1 N–H and O–H groups in total. The van der Waals surface area contributed by atoms with E-state index in [1.54, 1.807) is 6.92 Å². The van der Waals surface area contributed by atoms with Crippen LogP contribution in [0.15, 0.2) is 66.7 Å². The van der Waals surface area contributed by atoms with Gasteiger partial charge in [0.1, 0.15) is 11.5 Å². The highest BCUT2D eigenvalue weighted by atomic mass is 16.5. The number of nitrogens with one attached hydrogen (secondary N) is 1. The van der Waals surface area contributed by atoms with Gasteiger partial charge in [0.15, 0.2) is 6.10 Å². The Morgan fingerprint density at radius 2 is 1.62 bits per heavy atom. The van der Waals surface area contributed by atoms with Crippen LogP contribution in [0, 0.1) is 0 Å². The number of carbonyl (C=O) groups is 1. The molecule has 0 radical (unpaired) electrons. The van der Waals surface area contributed by atoms with Crippen molar-refractivity contribution in [3.63, 3.8) is 0 Å². The molecule has 1 amide bonds. The minimum absolute atomic E-state index is 0.0985. The van der Waals surface area contributed by atoms with E-state index in [1.807, 2.05) is 68.4 Å². The van der Waals surface area contributed by atoms with Crippen molar-refractivity contribution < 1.29 is 14.3 Å². The number of carbonyl (C=O) groups excluding carboxylic acids is 1. The molecule has 0 saturated heterocycles. The maximum absolute atomic E-state index is 12.4. The molecule has 0 aromatic heterocycles. The third-order valence-corrected chi connectivity index (χ3v) is 4.66. The molecule has 0 heterocycles. The van der Waals surface area contributed by atoms with E-state index in [1.165, 1.54) is 5.56 Å². The predicted octanol–water partition coefficient (Wildman–Crippen LogP) is 5.14. The molecule has 0 aliphatic rings. The molecule has 0 fully saturated rings. The van der Waals surface area contributed by atoms with E-state index in [-0.39, 0.29) is 12.0 Å². The Kier molecular flexibility index (Phi) is 7.12. The van der Waals surface area contributed by atoms with Crippen molar-refractivity contribution in [3.8, 4) is 11.5 Å². The third-order valence-electron chi connectivity index (χ3n) is 4.66. The van der Waals surface area contributed by atoms with Crippen LogP contribution in [0.2, 0.25) is 0 Å². The predicted molar refractivity (Wildman–Crippen MR) is 118 cm³/mol. The van der Waals surface area contributed by atoms with Crippen molar-refractivity contribution in [3.05, 3.63) is 72.3 Å². The zero-order valence-electron chi connectivity index (χ0n) is 17.4. The number of benzene rings is 3. The van der Waals surface area contributed by atoms with E-state index in [2.05, 4.69) is 17.4 Å². The molecule has 152 valence electrons. The van der Waals surface area contributed by atoms with Crippen LogP contribution in [0.4, 0.5) is 0 Å². The maximum atomic E-state index is 12.4. The van der Waals surface area contributed by atoms with E-state index >= 15 is 0 Å². The molecule has 1 atom stereocenters. The van der Waals surface area contributed by atoms with E-state index in [0.717, 1.165) is 35.1 Å². The van der Waals surface area contributed by atoms with Crippen LogP contribution in [0.3, 0.4) is 0 Å². The van der Waals surface area contributed by atoms with Gasteiger partial charge >= 0.3 is 0 Å². The maximum Gasteiger partial charge on any atom is 0.260 e. The number of hydrogen-bond acceptors (Lipinski definition) is 3. The molecule has 3 aromatic rings. The van der Waals surface area contributed by atoms with Crippen LogP contribution in [0.25, 0.3) is 10.8 Å². The first-order valence-corrected chi connectivity index (χ1v) is 10.2. The molecule has 3 rings (SSSR count). The zero-order chi connectivity index (χ0) is 20.6. The summed E-state index contributed by atoms with van der Waals surface area (Å²) in [7, 11) is 0. The molecule has 0 saturated carbocycles. The Morgan fingerprint density at radius 3 is 2.38 bits per heavy atom. The summed E-state index contributed by atoms with van der Waals surface area (Å²) in [6, 6.07) is 22.0. The van der Waals surface area contributed by atoms with E-state index in [9.17, 15) is 4.79 Å². The van der Waals surface area contributed by atoms with Gasteiger partial charge in [-0.05, 0) is 62.8 Å². The first-order valence-electron chi connectivity index (χ1n) is 10.2. The second-order valence-corrected chi connectivity index (χ2v) is 7.44. The van der Waals surface area contributed by atoms with Gasteiger partial charge in [-0.3, -0.25) is 4.79 Å². The topological polar surface area (TPSA) is 47.6 Å². The van der Waals surface area contributed by atoms with Crippen molar-refractivity contribution in [2.24, 2.45) is 0 Å². The summed E-state index contributed by atoms with van der Waals surface area (Å²) in [6.07, 6.45) is 1.40. The molecular weight excluding hydrogens is 362 g/mol. The van der Waals surface area contributed by atoms with Crippen LogP contribution in [-0.4, -0.2) is 24.7 Å². The van der Waals surface area contributed by atoms with E-state index < -0.39 is 6.10 Å². The Labute approximate surface area is 172 Å². The highest BCUT2D eigenvalue weighted by molar-refractivity contribution is 5.89. The molecule has 3 aromatic carbocycles. The van der Waals surface area contributed by atoms with Crippen molar-refractivity contribution in [1.29, 1.82) is 0 Å². The third kappa shape index (κ3) is 5.98. The molecule has 0 spiro atoms. The normalized spacial score (nSPS) is 12.0. The molecule has 0 aliphatic carbocycles. The van der Waals surface area contributed by atoms with Gasteiger partial charge in [-0.15, -0.1) is 0 Å². The first kappa shape index (κ1) is 20.7. The van der Waals surface area contributed by atoms with Crippen LogP contribution < -0.4 is 14.8 Å². The monoisotopic (exact) mass is 391 g/mol. The summed E-state index contributed by atoms with van der Waals surface area (Å²) >= 11 is 0. The number of fused-ring (bicyclic) bond motifs is 1. The first-order chi connectivity index (χ1) is 14.0. The van der Waals surface area contributed by atoms with Crippen LogP contribution >= 0.6 is 0 Å². The van der Waals surface area contributed by atoms with Crippen molar-refractivity contribution in [2.45, 2.75) is 45.8 Å². The number of hydrogen-bond donors (Lipinski definition) is 1. The SMILES string of the molecule is CC(C)Oc1ccc(CCCNC(=O)[C@H](C)Oc2cccc3ccccc23)cc1. The zero-order valence-corrected chi connectivity index (χ0v) is 17.4. The Morgan fingerprint density at radius 1 is 0.897 bits per heavy atom. The standard InChI is InChI=1S/C25H29NO3/c1-18(2)28-22-15-13-20(14-16-22)8-7-17-26-25(27)19(3)29-24-12-6-10-21-9-4-5-11-23(21)24/h4-6,9-16,18-19H,7-8,17H2,1-3H3,(H,26,27)/t19-/m0/s1. The lowest BCUT2D eigenvalue weighted by atomic mass is 10.1. The minimum atomic E-state index is -0.548. The fraction of sp³-hybridized carbons (Fsp3) is 0.320. The lowest BCUT2D eigenvalue weighted by Crippen LogP contribution is -2.37. The molecule has 0 unspecified atom stereocenters. The van der Waals surface area contributed by atoms with Crippen molar-refractivity contribution >= 4 is 16.7 Å². The Hall–Kier alpha value is -3.01. The fourth-order valence-electron chi connectivity index (χ4n) is 3.20. The summed E-state index contributed by atoms with van der Waals surface area (Å²) in [5, 5.41) is 5.08. The van der Waals surface area contributed by atoms with Gasteiger partial charge < -0.3 is 14.8 Å². The van der Waals surface area contributed by atoms with Crippen LogP contribution in [0.1, 0.15) is 32.8 Å². The average Bonchev–Trinajstić information content (AvgIpc) is 2.72. The van der Waals surface area contributed by atoms with E-state index in [0.29, 0.717) is 6.54 Å². The lowest BCUT2D eigenvalue weighted by Gasteiger charge is -2.16. The van der Waals surface area contributed by atoms with E-state index in [4.69, 9.17) is 9.47 Å². The summed E-state index contributed by atoms with van der Waals surface area (Å²) in [4.78, 5) is 12.4. The number of ether oxygens (including phenoxy) is 2. The van der Waals surface area contributed by atoms with Gasteiger partial charge in [0, 0.05) is 11.9 Å². The second-order valence-electron chi connectivity index (χ2n) is 7.44. The second kappa shape index (κ2) is 9.97. The Bertz CT molecular complexity index is 929. The number of amides is 1. The van der Waals surface area contributed by atoms with Gasteiger partial charge in [0.05, 0.1) is 6.10 Å². The van der Waals surface area contributed by atoms with Crippen LogP contribution in [0.5, 0.6) is 11.5 Å². The molecule has 4 nitrogen and oxygen atoms in total. The van der Waals surface area contributed by atoms with Gasteiger partial charge in [-0.25, -0.2) is 0 Å². The largest absolute Gasteiger partial charge is 0.491 e. The van der Waals surface area contributed by atoms with Crippen molar-refractivity contribution in [2.75, 3.05) is 6.54 Å². The molecular formula is C25H29NO3.